The Hall–Kier alpha value is -0.280. The first-order chi connectivity index (χ1) is 7.72. The quantitative estimate of drug-likeness (QED) is 0.698. The van der Waals surface area contributed by atoms with Crippen LogP contribution in [0.1, 0.15) is 39.0 Å². The molecule has 0 bridgehead atoms. The number of carbonyl (C=O) groups excluding carboxylic acids is 1. The molecule has 4 heteroatoms. The SMILES string of the molecule is CC1CCC(C(=O)N2CCCCC2CCl)O1. The highest BCUT2D eigenvalue weighted by molar-refractivity contribution is 6.18. The third-order valence-electron chi connectivity index (χ3n) is 3.60. The van der Waals surface area contributed by atoms with Crippen LogP contribution in [-0.4, -0.2) is 41.5 Å². The van der Waals surface area contributed by atoms with E-state index in [4.69, 9.17) is 16.3 Å². The Balaban J connectivity index is 1.96. The van der Waals surface area contributed by atoms with Gasteiger partial charge in [0.1, 0.15) is 6.10 Å². The summed E-state index contributed by atoms with van der Waals surface area (Å²) in [5.41, 5.74) is 0. The number of alkyl halides is 1. The molecule has 3 atom stereocenters. The third-order valence-corrected chi connectivity index (χ3v) is 3.95. The summed E-state index contributed by atoms with van der Waals surface area (Å²) in [4.78, 5) is 14.2. The van der Waals surface area contributed by atoms with E-state index in [9.17, 15) is 4.79 Å². The third kappa shape index (κ3) is 2.51. The zero-order valence-corrected chi connectivity index (χ0v) is 10.6. The van der Waals surface area contributed by atoms with E-state index in [0.717, 1.165) is 32.2 Å². The average Bonchev–Trinajstić information content (AvgIpc) is 2.75. The Morgan fingerprint density at radius 1 is 1.38 bits per heavy atom. The van der Waals surface area contributed by atoms with Crippen LogP contribution in [0, 0.1) is 0 Å². The fraction of sp³-hybridized carbons (Fsp3) is 0.917. The van der Waals surface area contributed by atoms with Crippen LogP contribution in [0.2, 0.25) is 0 Å². The van der Waals surface area contributed by atoms with Crippen molar-refractivity contribution in [2.45, 2.75) is 57.3 Å². The summed E-state index contributed by atoms with van der Waals surface area (Å²) in [5.74, 6) is 0.711. The monoisotopic (exact) mass is 245 g/mol. The van der Waals surface area contributed by atoms with Crippen molar-refractivity contribution >= 4 is 17.5 Å². The van der Waals surface area contributed by atoms with E-state index >= 15 is 0 Å². The molecule has 0 saturated carbocycles. The Kier molecular flexibility index (Phi) is 4.09. The summed E-state index contributed by atoms with van der Waals surface area (Å²) in [6.07, 6.45) is 5.20. The summed E-state index contributed by atoms with van der Waals surface area (Å²) in [5, 5.41) is 0. The van der Waals surface area contributed by atoms with Crippen molar-refractivity contribution in [3.05, 3.63) is 0 Å². The number of likely N-dealkylation sites (tertiary alicyclic amines) is 1. The molecule has 2 saturated heterocycles. The van der Waals surface area contributed by atoms with Crippen molar-refractivity contribution in [3.63, 3.8) is 0 Å². The minimum Gasteiger partial charge on any atom is -0.365 e. The number of ether oxygens (including phenoxy) is 1. The molecule has 2 aliphatic rings. The molecule has 3 unspecified atom stereocenters. The number of hydrogen-bond donors (Lipinski definition) is 0. The lowest BCUT2D eigenvalue weighted by molar-refractivity contribution is -0.145. The molecule has 0 N–H and O–H groups in total. The first-order valence-corrected chi connectivity index (χ1v) is 6.77. The minimum absolute atomic E-state index is 0.162. The molecule has 0 aromatic carbocycles. The van der Waals surface area contributed by atoms with Gasteiger partial charge in [-0.05, 0) is 39.0 Å². The molecule has 16 heavy (non-hydrogen) atoms. The number of rotatable bonds is 2. The van der Waals surface area contributed by atoms with Gasteiger partial charge in [0.25, 0.3) is 5.91 Å². The molecule has 0 aliphatic carbocycles. The van der Waals surface area contributed by atoms with Crippen molar-refractivity contribution in [3.8, 4) is 0 Å². The maximum absolute atomic E-state index is 12.3. The Morgan fingerprint density at radius 3 is 2.81 bits per heavy atom. The maximum atomic E-state index is 12.3. The van der Waals surface area contributed by atoms with Crippen LogP contribution < -0.4 is 0 Å². The molecular weight excluding hydrogens is 226 g/mol. The molecule has 2 heterocycles. The van der Waals surface area contributed by atoms with E-state index in [2.05, 4.69) is 0 Å². The average molecular weight is 246 g/mol. The lowest BCUT2D eigenvalue weighted by atomic mass is 10.0. The molecular formula is C12H20ClNO2. The van der Waals surface area contributed by atoms with Gasteiger partial charge in [-0.3, -0.25) is 4.79 Å². The van der Waals surface area contributed by atoms with Gasteiger partial charge < -0.3 is 9.64 Å². The van der Waals surface area contributed by atoms with E-state index in [1.165, 1.54) is 6.42 Å². The minimum atomic E-state index is -0.209. The molecule has 2 aliphatic heterocycles. The second kappa shape index (κ2) is 5.37. The molecule has 0 aromatic rings. The van der Waals surface area contributed by atoms with E-state index in [-0.39, 0.29) is 24.2 Å². The first kappa shape index (κ1) is 12.2. The topological polar surface area (TPSA) is 29.5 Å². The number of carbonyl (C=O) groups is 1. The van der Waals surface area contributed by atoms with Crippen molar-refractivity contribution < 1.29 is 9.53 Å². The van der Waals surface area contributed by atoms with E-state index in [1.54, 1.807) is 0 Å². The van der Waals surface area contributed by atoms with Gasteiger partial charge in [0.05, 0.1) is 6.10 Å². The Bertz CT molecular complexity index is 259. The van der Waals surface area contributed by atoms with Gasteiger partial charge in [0, 0.05) is 18.5 Å². The van der Waals surface area contributed by atoms with E-state index in [0.29, 0.717) is 5.88 Å². The molecule has 1 amide bonds. The second-order valence-corrected chi connectivity index (χ2v) is 5.16. The summed E-state index contributed by atoms with van der Waals surface area (Å²) in [7, 11) is 0. The van der Waals surface area contributed by atoms with Gasteiger partial charge in [0.15, 0.2) is 0 Å². The highest BCUT2D eigenvalue weighted by Crippen LogP contribution is 2.25. The van der Waals surface area contributed by atoms with E-state index < -0.39 is 0 Å². The lowest BCUT2D eigenvalue weighted by Gasteiger charge is -2.36. The van der Waals surface area contributed by atoms with Crippen molar-refractivity contribution in [1.29, 1.82) is 0 Å². The number of amides is 1. The Labute approximate surface area is 102 Å². The molecule has 0 aromatic heterocycles. The molecule has 2 rings (SSSR count). The molecule has 3 nitrogen and oxygen atoms in total. The summed E-state index contributed by atoms with van der Waals surface area (Å²) in [6.45, 7) is 2.88. The van der Waals surface area contributed by atoms with E-state index in [1.807, 2.05) is 11.8 Å². The summed E-state index contributed by atoms with van der Waals surface area (Å²) < 4.78 is 5.63. The number of piperidine rings is 1. The summed E-state index contributed by atoms with van der Waals surface area (Å²) >= 11 is 5.92. The van der Waals surface area contributed by atoms with Crippen molar-refractivity contribution in [1.82, 2.24) is 4.90 Å². The van der Waals surface area contributed by atoms with Crippen molar-refractivity contribution in [2.75, 3.05) is 12.4 Å². The summed E-state index contributed by atoms with van der Waals surface area (Å²) in [6, 6.07) is 0.224. The smallest absolute Gasteiger partial charge is 0.252 e. The van der Waals surface area contributed by atoms with Crippen LogP contribution in [0.5, 0.6) is 0 Å². The predicted molar refractivity (Wildman–Crippen MR) is 63.6 cm³/mol. The highest BCUT2D eigenvalue weighted by Gasteiger charge is 2.35. The first-order valence-electron chi connectivity index (χ1n) is 6.24. The molecule has 2 fully saturated rings. The maximum Gasteiger partial charge on any atom is 0.252 e. The van der Waals surface area contributed by atoms with Crippen molar-refractivity contribution in [2.24, 2.45) is 0 Å². The normalized spacial score (nSPS) is 35.4. The van der Waals surface area contributed by atoms with Crippen LogP contribution >= 0.6 is 11.6 Å². The van der Waals surface area contributed by atoms with Crippen LogP contribution in [0.4, 0.5) is 0 Å². The number of hydrogen-bond acceptors (Lipinski definition) is 2. The molecule has 92 valence electrons. The van der Waals surface area contributed by atoms with Gasteiger partial charge in [0.2, 0.25) is 0 Å². The van der Waals surface area contributed by atoms with Crippen LogP contribution in [0.3, 0.4) is 0 Å². The largest absolute Gasteiger partial charge is 0.365 e. The van der Waals surface area contributed by atoms with Crippen LogP contribution in [0.25, 0.3) is 0 Å². The van der Waals surface area contributed by atoms with Gasteiger partial charge in [-0.15, -0.1) is 11.6 Å². The number of nitrogens with zero attached hydrogens (tertiary/aromatic N) is 1. The van der Waals surface area contributed by atoms with Crippen LogP contribution in [-0.2, 0) is 9.53 Å². The zero-order chi connectivity index (χ0) is 11.5. The van der Waals surface area contributed by atoms with Crippen LogP contribution in [0.15, 0.2) is 0 Å². The Morgan fingerprint density at radius 2 is 2.19 bits per heavy atom. The lowest BCUT2D eigenvalue weighted by Crippen LogP contribution is -2.49. The molecule has 0 radical (unpaired) electrons. The van der Waals surface area contributed by atoms with Gasteiger partial charge in [-0.1, -0.05) is 0 Å². The predicted octanol–water partition coefficient (Wildman–Crippen LogP) is 2.17. The second-order valence-electron chi connectivity index (χ2n) is 4.85. The van der Waals surface area contributed by atoms with Gasteiger partial charge >= 0.3 is 0 Å². The fourth-order valence-corrected chi connectivity index (χ4v) is 2.94. The number of halogens is 1. The fourth-order valence-electron chi connectivity index (χ4n) is 2.62. The standard InChI is InChI=1S/C12H20ClNO2/c1-9-5-6-11(16-9)12(15)14-7-3-2-4-10(14)8-13/h9-11H,2-8H2,1H3. The zero-order valence-electron chi connectivity index (χ0n) is 9.82. The highest BCUT2D eigenvalue weighted by atomic mass is 35.5. The van der Waals surface area contributed by atoms with Gasteiger partial charge in [-0.25, -0.2) is 0 Å². The van der Waals surface area contributed by atoms with Gasteiger partial charge in [-0.2, -0.15) is 0 Å². The molecule has 0 spiro atoms.